The van der Waals surface area contributed by atoms with Gasteiger partial charge in [0.2, 0.25) is 0 Å². The van der Waals surface area contributed by atoms with Crippen molar-refractivity contribution in [2.45, 2.75) is 52.9 Å². The zero-order chi connectivity index (χ0) is 25.0. The third kappa shape index (κ3) is 10.6. The van der Waals surface area contributed by atoms with Gasteiger partial charge in [0.25, 0.3) is 0 Å². The van der Waals surface area contributed by atoms with Crippen LogP contribution in [0.4, 0.5) is 4.79 Å². The number of carbonyl (C=O) groups is 1. The van der Waals surface area contributed by atoms with Gasteiger partial charge in [-0.05, 0) is 44.4 Å². The highest BCUT2D eigenvalue weighted by Crippen LogP contribution is 2.53. The Morgan fingerprint density at radius 3 is 1.91 bits per heavy atom. The lowest BCUT2D eigenvalue weighted by atomic mass is 10.2. The number of hydrogen-bond donors (Lipinski definition) is 2. The van der Waals surface area contributed by atoms with Crippen molar-refractivity contribution in [2.75, 3.05) is 0 Å². The van der Waals surface area contributed by atoms with Crippen LogP contribution in [0.15, 0.2) is 83.6 Å². The Hall–Kier alpha value is -2.51. The predicted molar refractivity (Wildman–Crippen MR) is 136 cm³/mol. The Labute approximate surface area is 207 Å². The van der Waals surface area contributed by atoms with E-state index in [1.165, 1.54) is 12.3 Å². The lowest BCUT2D eigenvalue weighted by Crippen LogP contribution is -2.29. The third-order valence-electron chi connectivity index (χ3n) is 4.13. The number of thiol groups is 1. The molecule has 0 heterocycles. The number of carbonyl (C=O) groups excluding carboxylic acids is 1. The molecule has 0 aliphatic carbocycles. The van der Waals surface area contributed by atoms with E-state index < -0.39 is 19.5 Å². The van der Waals surface area contributed by atoms with Crippen molar-refractivity contribution in [2.24, 2.45) is 0 Å². The minimum absolute atomic E-state index is 0.0219. The number of ether oxygens (including phenoxy) is 1. The summed E-state index contributed by atoms with van der Waals surface area (Å²) in [6, 6.07) is 18.6. The smallest absolute Gasteiger partial charge is 0.444 e. The molecule has 2 aromatic rings. The van der Waals surface area contributed by atoms with Crippen molar-refractivity contribution in [1.82, 2.24) is 5.32 Å². The fourth-order valence-corrected chi connectivity index (χ4v) is 3.91. The van der Waals surface area contributed by atoms with Crippen LogP contribution in [0.2, 0.25) is 0 Å². The van der Waals surface area contributed by atoms with Crippen LogP contribution in [0.3, 0.4) is 0 Å². The lowest BCUT2D eigenvalue weighted by molar-refractivity contribution is 0.0552. The van der Waals surface area contributed by atoms with Gasteiger partial charge in [0.15, 0.2) is 0 Å². The fraction of sp³-hybridized carbons (Fsp3) is 0.320. The highest BCUT2D eigenvalue weighted by molar-refractivity contribution is 7.84. The summed E-state index contributed by atoms with van der Waals surface area (Å²) >= 11 is 4.43. The van der Waals surface area contributed by atoms with Gasteiger partial charge in [-0.3, -0.25) is 14.4 Å². The summed E-state index contributed by atoms with van der Waals surface area (Å²) in [6.07, 6.45) is 2.62. The molecule has 0 saturated heterocycles. The molecule has 0 aliphatic heterocycles. The van der Waals surface area contributed by atoms with Gasteiger partial charge < -0.3 is 9.26 Å². The maximum Gasteiger partial charge on any atom is 0.530 e. The quantitative estimate of drug-likeness (QED) is 0.146. The van der Waals surface area contributed by atoms with Crippen molar-refractivity contribution < 1.29 is 27.7 Å². The summed E-state index contributed by atoms with van der Waals surface area (Å²) in [5.74, 6) is 0.145. The first-order valence-electron chi connectivity index (χ1n) is 10.8. The van der Waals surface area contributed by atoms with Crippen LogP contribution in [0.25, 0.3) is 0 Å². The van der Waals surface area contributed by atoms with Crippen molar-refractivity contribution in [1.29, 1.82) is 0 Å². The summed E-state index contributed by atoms with van der Waals surface area (Å²) < 4.78 is 35.9. The zero-order valence-corrected chi connectivity index (χ0v) is 21.7. The normalized spacial score (nSPS) is 12.9. The molecular weight excluding hydrogens is 473 g/mol. The van der Waals surface area contributed by atoms with E-state index in [0.29, 0.717) is 11.3 Å². The molecule has 2 rings (SSSR count). The van der Waals surface area contributed by atoms with Crippen LogP contribution in [-0.2, 0) is 36.1 Å². The van der Waals surface area contributed by atoms with Gasteiger partial charge in [-0.25, -0.2) is 9.36 Å². The second-order valence-electron chi connectivity index (χ2n) is 8.20. The van der Waals surface area contributed by atoms with Gasteiger partial charge in [-0.15, -0.1) is 12.6 Å². The molecule has 0 bridgehead atoms. The van der Waals surface area contributed by atoms with Crippen molar-refractivity contribution in [3.8, 4) is 0 Å². The van der Waals surface area contributed by atoms with Gasteiger partial charge in [0.05, 0.1) is 13.2 Å². The van der Waals surface area contributed by atoms with Crippen molar-refractivity contribution in [3.05, 3.63) is 94.7 Å². The summed E-state index contributed by atoms with van der Waals surface area (Å²) in [7, 11) is -4.07. The molecule has 34 heavy (non-hydrogen) atoms. The second kappa shape index (κ2) is 13.4. The van der Waals surface area contributed by atoms with Crippen LogP contribution in [0.5, 0.6) is 0 Å². The van der Waals surface area contributed by atoms with E-state index in [2.05, 4.69) is 17.9 Å². The van der Waals surface area contributed by atoms with E-state index >= 15 is 0 Å². The lowest BCUT2D eigenvalue weighted by Gasteiger charge is -2.20. The highest BCUT2D eigenvalue weighted by Gasteiger charge is 2.30. The molecule has 2 aromatic carbocycles. The minimum atomic E-state index is -4.07. The Morgan fingerprint density at radius 1 is 0.971 bits per heavy atom. The fourth-order valence-electron chi connectivity index (χ4n) is 2.51. The highest BCUT2D eigenvalue weighted by atomic mass is 32.1. The van der Waals surface area contributed by atoms with E-state index in [4.69, 9.17) is 18.3 Å². The van der Waals surface area contributed by atoms with E-state index in [9.17, 15) is 9.36 Å². The summed E-state index contributed by atoms with van der Waals surface area (Å²) in [5.41, 5.74) is 0.977. The molecule has 1 amide bonds. The number of phosphoric acid groups is 1. The minimum Gasteiger partial charge on any atom is -0.444 e. The molecule has 0 fully saturated rings. The average Bonchev–Trinajstić information content (AvgIpc) is 2.81. The van der Waals surface area contributed by atoms with Gasteiger partial charge in [-0.1, -0.05) is 67.6 Å². The number of benzene rings is 2. The van der Waals surface area contributed by atoms with Crippen LogP contribution in [-0.4, -0.2) is 11.7 Å². The maximum absolute atomic E-state index is 13.6. The molecule has 9 heteroatoms. The molecule has 0 aliphatic rings. The number of amides is 1. The van der Waals surface area contributed by atoms with E-state index in [1.807, 2.05) is 67.6 Å². The SMILES string of the molecule is CC/C(S)=C(\C=C\NC(=O)OC(C)(C)C)OP(=O)(OCc1ccccc1)OCc1ccccc1. The Kier molecular flexibility index (Phi) is 10.9. The molecule has 0 unspecified atom stereocenters. The number of hydrogen-bond acceptors (Lipinski definition) is 7. The first-order valence-corrected chi connectivity index (χ1v) is 12.8. The Balaban J connectivity index is 2.18. The number of allylic oxidation sites excluding steroid dienone is 2. The molecule has 0 spiro atoms. The van der Waals surface area contributed by atoms with Crippen LogP contribution in [0, 0.1) is 0 Å². The second-order valence-corrected chi connectivity index (χ2v) is 10.3. The van der Waals surface area contributed by atoms with Crippen molar-refractivity contribution in [3.63, 3.8) is 0 Å². The maximum atomic E-state index is 13.6. The van der Waals surface area contributed by atoms with Crippen LogP contribution >= 0.6 is 20.5 Å². The largest absolute Gasteiger partial charge is 0.530 e. The number of alkyl carbamates (subject to hydrolysis) is 1. The number of phosphoric ester groups is 1. The van der Waals surface area contributed by atoms with Gasteiger partial charge in [0, 0.05) is 11.1 Å². The van der Waals surface area contributed by atoms with Gasteiger partial charge >= 0.3 is 13.9 Å². The topological polar surface area (TPSA) is 83.1 Å². The Bertz CT molecular complexity index is 971. The van der Waals surface area contributed by atoms with E-state index in [-0.39, 0.29) is 19.0 Å². The standard InChI is InChI=1S/C25H32NO6PS/c1-5-23(34)22(16-17-26-24(27)31-25(2,3)4)32-33(28,29-18-20-12-8-6-9-13-20)30-19-21-14-10-7-11-15-21/h6-17,34H,5,18-19H2,1-4H3,(H,26,27)/b17-16+,23-22-. The molecule has 0 saturated carbocycles. The molecule has 0 radical (unpaired) electrons. The zero-order valence-electron chi connectivity index (χ0n) is 19.9. The predicted octanol–water partition coefficient (Wildman–Crippen LogP) is 7.13. The molecule has 0 atom stereocenters. The van der Waals surface area contributed by atoms with Gasteiger partial charge in [0.1, 0.15) is 11.4 Å². The molecule has 184 valence electrons. The monoisotopic (exact) mass is 505 g/mol. The van der Waals surface area contributed by atoms with E-state index in [1.54, 1.807) is 20.8 Å². The van der Waals surface area contributed by atoms with Crippen molar-refractivity contribution >= 4 is 26.5 Å². The molecule has 7 nitrogen and oxygen atoms in total. The summed E-state index contributed by atoms with van der Waals surface area (Å²) in [5, 5.41) is 2.49. The van der Waals surface area contributed by atoms with Crippen LogP contribution in [0.1, 0.15) is 45.2 Å². The van der Waals surface area contributed by atoms with E-state index in [0.717, 1.165) is 11.1 Å². The molecular formula is C25H32NO6PS. The van der Waals surface area contributed by atoms with Gasteiger partial charge in [-0.2, -0.15) is 0 Å². The molecule has 1 N–H and O–H groups in total. The summed E-state index contributed by atoms with van der Waals surface area (Å²) in [4.78, 5) is 12.4. The first kappa shape index (κ1) is 27.7. The summed E-state index contributed by atoms with van der Waals surface area (Å²) in [6.45, 7) is 7.19. The Morgan fingerprint density at radius 2 is 1.47 bits per heavy atom. The number of rotatable bonds is 11. The molecule has 0 aromatic heterocycles. The first-order chi connectivity index (χ1) is 16.1. The third-order valence-corrected chi connectivity index (χ3v) is 5.98. The number of nitrogens with one attached hydrogen (secondary N) is 1. The average molecular weight is 506 g/mol. The van der Waals surface area contributed by atoms with Crippen LogP contribution < -0.4 is 5.32 Å².